The molecule has 5 aromatic rings. The highest BCUT2D eigenvalue weighted by Crippen LogP contribution is 2.66. The molecule has 27 nitrogen and oxygen atoms in total. The fraction of sp³-hybridized carbons (Fsp3) is 0.239. The van der Waals surface area contributed by atoms with Crippen molar-refractivity contribution >= 4 is 68.9 Å². The van der Waals surface area contributed by atoms with E-state index in [0.717, 1.165) is 6.33 Å². The van der Waals surface area contributed by atoms with Gasteiger partial charge in [-0.3, -0.25) is 24.2 Å². The molecule has 1 amide bonds. The van der Waals surface area contributed by atoms with Crippen LogP contribution in [0.5, 0.6) is 5.75 Å². The summed E-state index contributed by atoms with van der Waals surface area (Å²) in [4.78, 5) is 95.5. The van der Waals surface area contributed by atoms with Gasteiger partial charge in [-0.15, -0.1) is 0 Å². The fourth-order valence-electron chi connectivity index (χ4n) is 8.46. The molecule has 2 unspecified atom stereocenters. The lowest BCUT2D eigenvalue weighted by Crippen LogP contribution is -2.26. The molecule has 4 heterocycles. The van der Waals surface area contributed by atoms with Crippen LogP contribution in [-0.2, 0) is 42.9 Å². The first-order valence-corrected chi connectivity index (χ1v) is 26.8. The Morgan fingerprint density at radius 3 is 2.46 bits per heavy atom. The van der Waals surface area contributed by atoms with Gasteiger partial charge in [-0.05, 0) is 66.1 Å². The quantitative estimate of drug-likeness (QED) is 0.0159. The first kappa shape index (κ1) is 55.0. The number of nitrogen functional groups attached to an aromatic ring is 1. The Labute approximate surface area is 427 Å². The van der Waals surface area contributed by atoms with Gasteiger partial charge in [0.25, 0.3) is 11.6 Å². The van der Waals surface area contributed by atoms with E-state index in [2.05, 4.69) is 40.3 Å². The van der Waals surface area contributed by atoms with Crippen LogP contribution >= 0.6 is 23.5 Å². The number of anilines is 1. The van der Waals surface area contributed by atoms with Crippen molar-refractivity contribution in [3.63, 3.8) is 0 Å². The second-order valence-electron chi connectivity index (χ2n) is 17.2. The van der Waals surface area contributed by atoms with Crippen LogP contribution in [0.1, 0.15) is 70.0 Å². The minimum Gasteiger partial charge on any atom is -0.508 e. The average Bonchev–Trinajstić information content (AvgIpc) is 3.93. The zero-order chi connectivity index (χ0) is 55.0. The topological polar surface area (TPSA) is 415 Å². The third-order valence-corrected chi connectivity index (χ3v) is 15.4. The molecule has 2 aliphatic heterocycles. The summed E-state index contributed by atoms with van der Waals surface area (Å²) in [6.07, 6.45) is -2.23. The number of nitro groups is 1. The Kier molecular flexibility index (Phi) is 15.8. The number of benzene rings is 4. The second kappa shape index (κ2) is 21.8. The van der Waals surface area contributed by atoms with Crippen LogP contribution in [0.25, 0.3) is 44.5 Å². The lowest BCUT2D eigenvalue weighted by molar-refractivity contribution is -0.386. The van der Waals surface area contributed by atoms with Crippen molar-refractivity contribution in [2.45, 2.75) is 51.4 Å². The zero-order valence-electron chi connectivity index (χ0n) is 39.4. The van der Waals surface area contributed by atoms with Crippen LogP contribution in [0.15, 0.2) is 94.5 Å². The zero-order valence-corrected chi connectivity index (χ0v) is 42.0. The number of nitrogens with one attached hydrogen (secondary N) is 1. The number of carboxylic acids is 1. The number of carboxylic acid groups (broad SMARTS) is 1. The normalized spacial score (nSPS) is 17.8. The average molecular weight is 1110 g/mol. The lowest BCUT2D eigenvalue weighted by atomic mass is 9.89. The van der Waals surface area contributed by atoms with Crippen LogP contribution in [0.3, 0.4) is 0 Å². The van der Waals surface area contributed by atoms with Crippen LogP contribution < -0.4 is 16.5 Å². The molecule has 0 spiro atoms. The molecular weight excluding hydrogens is 1070 g/mol. The van der Waals surface area contributed by atoms with Gasteiger partial charge in [0, 0.05) is 64.0 Å². The molecule has 8 rings (SSSR count). The van der Waals surface area contributed by atoms with Gasteiger partial charge >= 0.3 is 29.4 Å². The first-order valence-electron chi connectivity index (χ1n) is 22.2. The number of aliphatic hydroxyl groups excluding tert-OH is 1. The third kappa shape index (κ3) is 12.4. The number of amides is 1. The summed E-state index contributed by atoms with van der Waals surface area (Å²) in [7, 11) is -17.0. The van der Waals surface area contributed by atoms with Crippen molar-refractivity contribution < 1.29 is 90.1 Å². The molecule has 6 atom stereocenters. The van der Waals surface area contributed by atoms with Gasteiger partial charge in [-0.25, -0.2) is 28.5 Å². The molecule has 1 fully saturated rings. The molecule has 1 saturated heterocycles. The molecule has 2 aromatic heterocycles. The minimum absolute atomic E-state index is 0.00618. The van der Waals surface area contributed by atoms with E-state index < -0.39 is 71.4 Å². The Bertz CT molecular complexity index is 3700. The van der Waals surface area contributed by atoms with E-state index in [-0.39, 0.29) is 93.0 Å². The van der Waals surface area contributed by atoms with Gasteiger partial charge in [0.15, 0.2) is 5.43 Å². The number of aromatic nitrogens is 3. The highest BCUT2D eigenvalue weighted by molar-refractivity contribution is 7.66. The fourth-order valence-corrected chi connectivity index (χ4v) is 11.5. The second-order valence-corrected chi connectivity index (χ2v) is 21.6. The number of phenols is 1. The van der Waals surface area contributed by atoms with E-state index in [9.17, 15) is 63.3 Å². The number of ether oxygens (including phenoxy) is 2. The van der Waals surface area contributed by atoms with Gasteiger partial charge in [0.2, 0.25) is 0 Å². The smallest absolute Gasteiger partial charge is 0.490 e. The molecule has 76 heavy (non-hydrogen) atoms. The number of phenolic OH excluding ortho intramolecular Hbond substituents is 1. The summed E-state index contributed by atoms with van der Waals surface area (Å²) >= 11 is 0. The Hall–Kier alpha value is -7.24. The van der Waals surface area contributed by atoms with Crippen LogP contribution in [0, 0.1) is 27.9 Å². The number of aliphatic hydroxyl groups is 1. The van der Waals surface area contributed by atoms with Gasteiger partial charge in [-0.2, -0.15) is 8.62 Å². The highest BCUT2D eigenvalue weighted by atomic mass is 31.3. The number of aromatic carboxylic acids is 1. The molecular formula is C46H43N6O21P3. The Balaban J connectivity index is 0.967. The van der Waals surface area contributed by atoms with Gasteiger partial charge in [0.1, 0.15) is 47.2 Å². The number of nitrogens with two attached hydrogens (primary N) is 1. The standard InChI is InChI=1S/C46H43N6O21P3/c1-23(2)42(68-20-26-19-51(44-40(26)43(47)49-22-50-44)39-18-35(55)38(71-39)21-69-75(64,65)73-76(66,67)72-74(61,62)63)30-9-5-24(14-34(30)52(59)60)4-3-13-48-45(56)25-6-10-29(46(57)58)33(15-25)41-31-11-7-27(53)16-36(31)70-37-17-28(54)8-12-32(37)41/h5-12,14-17,19,22-23,35,38-39,42,53,55H,13,18,20-21H2,1-2H3,(H,48,56)(H,57,58)(H,64,65)(H,66,67)(H2,47,49,50)(H2,61,62,63)/t35-,38-,39-,42+/m1/s1. The Morgan fingerprint density at radius 1 is 0.987 bits per heavy atom. The summed E-state index contributed by atoms with van der Waals surface area (Å²) in [5.41, 5.74) is 7.42. The maximum absolute atomic E-state index is 13.5. The van der Waals surface area contributed by atoms with E-state index in [1.54, 1.807) is 13.8 Å². The van der Waals surface area contributed by atoms with Crippen molar-refractivity contribution in [1.82, 2.24) is 19.9 Å². The maximum atomic E-state index is 13.5. The maximum Gasteiger partial charge on any atom is 0.490 e. The van der Waals surface area contributed by atoms with Crippen LogP contribution in [0.4, 0.5) is 11.5 Å². The summed E-state index contributed by atoms with van der Waals surface area (Å²) in [6.45, 7) is 2.15. The lowest BCUT2D eigenvalue weighted by Gasteiger charge is -2.22. The molecule has 10 N–H and O–H groups in total. The van der Waals surface area contributed by atoms with Crippen LogP contribution in [-0.4, -0.2) is 91.6 Å². The monoisotopic (exact) mass is 1110 g/mol. The van der Waals surface area contributed by atoms with Crippen molar-refractivity contribution in [3.05, 3.63) is 133 Å². The number of carbonyl (C=O) groups excluding carboxylic acids is 1. The number of rotatable bonds is 18. The minimum atomic E-state index is -5.81. The number of carbonyl (C=O) groups is 2. The summed E-state index contributed by atoms with van der Waals surface area (Å²) in [5, 5.41) is 47.0. The number of fused-ring (bicyclic) bond motifs is 3. The third-order valence-electron chi connectivity index (χ3n) is 11.6. The molecule has 3 aromatic carbocycles. The number of nitro benzene ring substituents is 1. The molecule has 30 heteroatoms. The number of hydrogen-bond donors (Lipinski definition) is 9. The predicted molar refractivity (Wildman–Crippen MR) is 264 cm³/mol. The number of phosphoric acid groups is 3. The number of phosphoric ester groups is 1. The predicted octanol–water partition coefficient (Wildman–Crippen LogP) is 5.89. The van der Waals surface area contributed by atoms with E-state index in [1.165, 1.54) is 83.6 Å². The molecule has 0 bridgehead atoms. The summed E-state index contributed by atoms with van der Waals surface area (Å²) < 4.78 is 66.7. The van der Waals surface area contributed by atoms with Gasteiger partial charge < -0.3 is 64.4 Å². The van der Waals surface area contributed by atoms with Gasteiger partial charge in [-0.1, -0.05) is 25.7 Å². The number of aromatic hydroxyl groups is 1. The molecule has 398 valence electrons. The molecule has 0 radical (unpaired) electrons. The van der Waals surface area contributed by atoms with E-state index in [4.69, 9.17) is 29.4 Å². The largest absolute Gasteiger partial charge is 0.508 e. The van der Waals surface area contributed by atoms with Gasteiger partial charge in [0.05, 0.1) is 53.4 Å². The molecule has 3 aliphatic rings. The van der Waals surface area contributed by atoms with E-state index in [0.29, 0.717) is 27.5 Å². The Morgan fingerprint density at radius 2 is 1.75 bits per heavy atom. The van der Waals surface area contributed by atoms with Crippen molar-refractivity contribution in [2.24, 2.45) is 5.92 Å². The summed E-state index contributed by atoms with van der Waals surface area (Å²) in [6, 6.07) is 16.4. The number of nitrogens with zero attached hydrogens (tertiary/aromatic N) is 4. The highest BCUT2D eigenvalue weighted by Gasteiger charge is 2.43. The van der Waals surface area contributed by atoms with Crippen LogP contribution in [0.2, 0.25) is 0 Å². The van der Waals surface area contributed by atoms with Crippen molar-refractivity contribution in [1.29, 1.82) is 0 Å². The first-order chi connectivity index (χ1) is 35.8. The van der Waals surface area contributed by atoms with Crippen molar-refractivity contribution in [2.75, 3.05) is 18.9 Å². The molecule has 1 aliphatic carbocycles. The number of hydrogen-bond acceptors (Lipinski definition) is 19. The van der Waals surface area contributed by atoms with E-state index >= 15 is 0 Å². The molecule has 0 saturated carbocycles. The summed E-state index contributed by atoms with van der Waals surface area (Å²) in [5.74, 6) is 3.26. The van der Waals surface area contributed by atoms with E-state index in [1.807, 2.05) is 0 Å². The SMILES string of the molecule is CC(C)[C@H](OCc1cn([C@H]2C[C@@H](O)[C@@H](COP(=O)(O)OP(=O)(O)OP(=O)(O)O)O2)c2ncnc(N)c12)c1ccc(C#CCNC(=O)c2ccc(C(=O)O)c(-c3c4ccc(=O)cc-4oc4cc(O)ccc34)c2)cc1[N+](=O)[O-]. The van der Waals surface area contributed by atoms with Crippen molar-refractivity contribution in [3.8, 4) is 40.0 Å².